The highest BCUT2D eigenvalue weighted by atomic mass is 31.1. The number of ether oxygens (including phenoxy) is 5. The van der Waals surface area contributed by atoms with Crippen LogP contribution in [0.4, 0.5) is 0 Å². The Balaban J connectivity index is 1.70. The molecule has 4 aliphatic rings. The first-order chi connectivity index (χ1) is 32.1. The summed E-state index contributed by atoms with van der Waals surface area (Å²) in [5.74, 6) is -7.97. The van der Waals surface area contributed by atoms with Gasteiger partial charge in [-0.3, -0.25) is 19.2 Å². The number of nitrogens with one attached hydrogen (secondary N) is 1. The number of amides is 1. The van der Waals surface area contributed by atoms with Crippen molar-refractivity contribution in [2.45, 2.75) is 180 Å². The predicted octanol–water partition coefficient (Wildman–Crippen LogP) is 7.15. The number of rotatable bonds is 8. The summed E-state index contributed by atoms with van der Waals surface area (Å²) in [6.07, 6.45) is 12.2. The molecule has 4 rings (SSSR count). The minimum absolute atomic E-state index is 0.0153. The summed E-state index contributed by atoms with van der Waals surface area (Å²) in [6, 6.07) is -1.22. The van der Waals surface area contributed by atoms with Gasteiger partial charge in [0, 0.05) is 58.5 Å². The lowest BCUT2D eigenvalue weighted by Gasteiger charge is -2.42. The van der Waals surface area contributed by atoms with Gasteiger partial charge in [-0.2, -0.15) is 0 Å². The van der Waals surface area contributed by atoms with Crippen LogP contribution in [0.3, 0.4) is 0 Å². The number of aliphatic hydroxyl groups is 2. The van der Waals surface area contributed by atoms with E-state index in [-0.39, 0.29) is 60.9 Å². The number of piperidine rings is 1. The number of fused-ring (bicyclic) bond motifs is 3. The van der Waals surface area contributed by atoms with Crippen molar-refractivity contribution in [1.82, 2.24) is 9.99 Å². The molecular formula is C52H82N2O13P+. The number of allylic oxidation sites excluding steroid dienone is 6. The van der Waals surface area contributed by atoms with Crippen LogP contribution in [0.2, 0.25) is 0 Å². The summed E-state index contributed by atoms with van der Waals surface area (Å²) >= 11 is 0. The average Bonchev–Trinajstić information content (AvgIpc) is 3.30. The molecule has 0 aromatic heterocycles. The first-order valence-corrected chi connectivity index (χ1v) is 26.5. The fraction of sp³-hybridized carbons (Fsp3) is 0.750. The van der Waals surface area contributed by atoms with Crippen LogP contribution in [0.5, 0.6) is 0 Å². The van der Waals surface area contributed by atoms with E-state index in [1.165, 1.54) is 12.0 Å². The van der Waals surface area contributed by atoms with E-state index in [4.69, 9.17) is 23.7 Å². The van der Waals surface area contributed by atoms with Crippen molar-refractivity contribution in [1.29, 1.82) is 0 Å². The lowest BCUT2D eigenvalue weighted by atomic mass is 9.78. The van der Waals surface area contributed by atoms with Gasteiger partial charge in [0.25, 0.3) is 11.7 Å². The number of aliphatic hydroxyl groups excluding tert-OH is 1. The molecule has 16 heteroatoms. The molecule has 16 atom stereocenters. The van der Waals surface area contributed by atoms with Crippen LogP contribution in [0.25, 0.3) is 0 Å². The quantitative estimate of drug-likeness (QED) is 0.0957. The van der Waals surface area contributed by atoms with Gasteiger partial charge in [0.1, 0.15) is 30.1 Å². The zero-order valence-electron chi connectivity index (χ0n) is 42.5. The Kier molecular flexibility index (Phi) is 22.6. The molecule has 68 heavy (non-hydrogen) atoms. The number of esters is 1. The van der Waals surface area contributed by atoms with Crippen LogP contribution in [-0.4, -0.2) is 133 Å². The number of hydrogen-bond acceptors (Lipinski definition) is 13. The number of methoxy groups -OCH3 is 3. The molecule has 4 unspecified atom stereocenters. The van der Waals surface area contributed by atoms with Crippen LogP contribution < -0.4 is 5.09 Å². The highest BCUT2D eigenvalue weighted by Gasteiger charge is 2.53. The fourth-order valence-electron chi connectivity index (χ4n) is 10.5. The smallest absolute Gasteiger partial charge is 0.429 e. The first kappa shape index (κ1) is 57.3. The van der Waals surface area contributed by atoms with Crippen LogP contribution in [0, 0.1) is 35.5 Å². The van der Waals surface area contributed by atoms with Crippen LogP contribution in [-0.2, 0) is 52.2 Å². The van der Waals surface area contributed by atoms with Crippen molar-refractivity contribution >= 4 is 37.2 Å². The van der Waals surface area contributed by atoms with Crippen molar-refractivity contribution in [3.05, 3.63) is 47.6 Å². The topological polar surface area (TPSA) is 204 Å². The van der Waals surface area contributed by atoms with E-state index in [2.05, 4.69) is 5.09 Å². The number of carbonyl (C=O) groups is 5. The van der Waals surface area contributed by atoms with E-state index in [0.717, 1.165) is 18.4 Å². The Hall–Kier alpha value is -3.27. The molecule has 0 aromatic carbocycles. The molecule has 1 aliphatic carbocycles. The van der Waals surface area contributed by atoms with Crippen molar-refractivity contribution in [3.8, 4) is 0 Å². The van der Waals surface area contributed by atoms with E-state index in [1.807, 2.05) is 58.1 Å². The monoisotopic (exact) mass is 974 g/mol. The van der Waals surface area contributed by atoms with Gasteiger partial charge in [0.15, 0.2) is 12.4 Å². The normalized spacial score (nSPS) is 39.4. The Labute approximate surface area is 406 Å². The molecule has 3 heterocycles. The maximum atomic E-state index is 14.5. The highest BCUT2D eigenvalue weighted by Crippen LogP contribution is 2.38. The molecule has 0 spiro atoms. The number of ketones is 3. The molecule has 2 saturated heterocycles. The van der Waals surface area contributed by atoms with E-state index in [0.29, 0.717) is 56.9 Å². The van der Waals surface area contributed by atoms with Crippen LogP contribution in [0.1, 0.15) is 126 Å². The van der Waals surface area contributed by atoms with Crippen molar-refractivity contribution in [2.24, 2.45) is 35.5 Å². The van der Waals surface area contributed by atoms with Gasteiger partial charge in [-0.05, 0) is 107 Å². The number of Topliss-reactive ketones (excluding diaryl/α,β-unsaturated/α-hetero) is 3. The predicted molar refractivity (Wildman–Crippen MR) is 260 cm³/mol. The van der Waals surface area contributed by atoms with Gasteiger partial charge in [-0.25, -0.2) is 4.79 Å². The zero-order valence-corrected chi connectivity index (χ0v) is 43.4. The maximum Gasteiger partial charge on any atom is 0.429 e. The molecular weight excluding hydrogens is 892 g/mol. The van der Waals surface area contributed by atoms with Crippen LogP contribution >= 0.6 is 7.95 Å². The molecule has 0 aromatic rings. The third-order valence-electron chi connectivity index (χ3n) is 14.9. The van der Waals surface area contributed by atoms with Crippen LogP contribution in [0.15, 0.2) is 47.6 Å². The standard InChI is InChI=1S/C52H82N2O13P/c1-31-17-13-12-14-18-32(2)43(63-8)29-39-22-20-37(7)52(61,67-39)49(58)50(59)54-24-16-15-19-41(54)51(60)66-44(34(4)27-38-21-23-40(53-68(11)62)45(28-38)64-9)30-42(55)33(3)26-36(6)47(57)48(65-10)46(56)35(5)25-31/h12-14,17-18,26,31,33-35,37-41,43-45,47-48,57,61H,15-16,19-25,27-30H2,1-11H3,(H,53,62)/q+1/b14-12+,17-13+,32-18+,36-26+/t31-,33-,34-,35-,37-,38?,39+,40?,41+,43+,44?,45-,47-,48+,52-/m1/s1. The number of cyclic esters (lactones) is 1. The molecule has 1 saturated carbocycles. The minimum atomic E-state index is -2.43. The SMILES string of the molecule is CO[C@H]1C[C@@H]2CC[C@@H](C)[C@@](O)(O2)C(=O)C(=O)N2CCCC[C@H]2C(=O)OC([C@H](C)CC2CCC(N[P+](C)=O)[C@H](OC)C2)CC(=O)[C@H](C)/C=C(\C)[C@@H](O)[C@@H](OC)C(=O)[C@H](C)C[C@H](C)/C=C/C=C/C=C/1C. The van der Waals surface area contributed by atoms with Crippen molar-refractivity contribution < 1.29 is 62.4 Å². The number of hydrogen-bond donors (Lipinski definition) is 3. The molecule has 3 fully saturated rings. The van der Waals surface area contributed by atoms with Gasteiger partial charge >= 0.3 is 13.9 Å². The Morgan fingerprint density at radius 3 is 2.28 bits per heavy atom. The molecule has 2 bridgehead atoms. The van der Waals surface area contributed by atoms with Gasteiger partial charge in [0.2, 0.25) is 5.79 Å². The second-order valence-corrected chi connectivity index (χ2v) is 21.5. The average molecular weight is 974 g/mol. The van der Waals surface area contributed by atoms with E-state index in [1.54, 1.807) is 47.7 Å². The Morgan fingerprint density at radius 2 is 1.62 bits per heavy atom. The number of nitrogens with zero attached hydrogens (tertiary/aromatic N) is 1. The third kappa shape index (κ3) is 15.4. The minimum Gasteiger partial charge on any atom is -0.460 e. The molecule has 382 valence electrons. The summed E-state index contributed by atoms with van der Waals surface area (Å²) in [5, 5.41) is 26.6. The number of carbonyl (C=O) groups excluding carboxylic acids is 5. The molecule has 15 nitrogen and oxygen atoms in total. The summed E-state index contributed by atoms with van der Waals surface area (Å²) < 4.78 is 41.8. The molecule has 0 radical (unpaired) electrons. The van der Waals surface area contributed by atoms with Crippen molar-refractivity contribution in [3.63, 3.8) is 0 Å². The maximum absolute atomic E-state index is 14.5. The second kappa shape index (κ2) is 26.8. The Morgan fingerprint density at radius 1 is 0.897 bits per heavy atom. The fourth-order valence-corrected chi connectivity index (χ4v) is 11.3. The summed E-state index contributed by atoms with van der Waals surface area (Å²) in [4.78, 5) is 72.1. The summed E-state index contributed by atoms with van der Waals surface area (Å²) in [7, 11) is 3.00. The summed E-state index contributed by atoms with van der Waals surface area (Å²) in [6.45, 7) is 14.4. The highest BCUT2D eigenvalue weighted by molar-refractivity contribution is 7.41. The van der Waals surface area contributed by atoms with E-state index in [9.17, 15) is 38.8 Å². The van der Waals surface area contributed by atoms with Gasteiger partial charge in [-0.1, -0.05) is 75.6 Å². The van der Waals surface area contributed by atoms with Crippen molar-refractivity contribution in [2.75, 3.05) is 34.5 Å². The van der Waals surface area contributed by atoms with Gasteiger partial charge in [0.05, 0.1) is 24.4 Å². The zero-order chi connectivity index (χ0) is 50.5. The molecule has 1 amide bonds. The first-order valence-electron chi connectivity index (χ1n) is 24.8. The van der Waals surface area contributed by atoms with E-state index < -0.39 is 85.7 Å². The lowest BCUT2D eigenvalue weighted by molar-refractivity contribution is -0.265. The van der Waals surface area contributed by atoms with Gasteiger partial charge < -0.3 is 38.8 Å². The third-order valence-corrected chi connectivity index (χ3v) is 15.6. The van der Waals surface area contributed by atoms with Gasteiger partial charge in [-0.15, -0.1) is 5.09 Å². The molecule has 3 aliphatic heterocycles. The molecule has 3 N–H and O–H groups in total. The van der Waals surface area contributed by atoms with E-state index >= 15 is 0 Å². The summed E-state index contributed by atoms with van der Waals surface area (Å²) in [5.41, 5.74) is 1.26. The second-order valence-electron chi connectivity index (χ2n) is 20.3. The largest absolute Gasteiger partial charge is 0.460 e. The Bertz CT molecular complexity index is 1880. The lowest BCUT2D eigenvalue weighted by Crippen LogP contribution is -2.61.